The first-order valence-corrected chi connectivity index (χ1v) is 9.31. The average Bonchev–Trinajstić information content (AvgIpc) is 3.11. The van der Waals surface area contributed by atoms with E-state index in [0.717, 1.165) is 0 Å². The third-order valence-corrected chi connectivity index (χ3v) is 6.61. The molecule has 2 heterocycles. The summed E-state index contributed by atoms with van der Waals surface area (Å²) < 4.78 is 38.9. The molecule has 0 aromatic rings. The van der Waals surface area contributed by atoms with Gasteiger partial charge in [0.15, 0.2) is 0 Å². The van der Waals surface area contributed by atoms with Crippen molar-refractivity contribution < 1.29 is 17.6 Å². The van der Waals surface area contributed by atoms with Crippen molar-refractivity contribution in [2.24, 2.45) is 0 Å². The van der Waals surface area contributed by atoms with Gasteiger partial charge in [0.1, 0.15) is 12.2 Å². The van der Waals surface area contributed by atoms with Crippen molar-refractivity contribution in [3.05, 3.63) is 0 Å². The lowest BCUT2D eigenvalue weighted by Gasteiger charge is -2.21. The van der Waals surface area contributed by atoms with Crippen LogP contribution in [0.3, 0.4) is 0 Å². The third kappa shape index (κ3) is 4.00. The van der Waals surface area contributed by atoms with Crippen molar-refractivity contribution in [1.82, 2.24) is 14.5 Å². The fraction of sp³-hybridized carbons (Fsp3) is 0.857. The lowest BCUT2D eigenvalue weighted by molar-refractivity contribution is -0.130. The standard InChI is InChI=1S/C14H23FN4O3S/c1-10(2)23(21,22)18-4-3-12(9-18)17-7-14(20)19-8-11(15)5-13(19)6-16/h10-13,17H,3-5,7-9H2,1-2H3/t11-,12+,13-/m0/s1. The van der Waals surface area contributed by atoms with Gasteiger partial charge in [0.25, 0.3) is 0 Å². The molecule has 0 aliphatic carbocycles. The van der Waals surface area contributed by atoms with Crippen molar-refractivity contribution in [3.63, 3.8) is 0 Å². The molecule has 23 heavy (non-hydrogen) atoms. The van der Waals surface area contributed by atoms with Gasteiger partial charge in [-0.25, -0.2) is 17.1 Å². The van der Waals surface area contributed by atoms with Crippen molar-refractivity contribution >= 4 is 15.9 Å². The number of hydrogen-bond acceptors (Lipinski definition) is 5. The number of halogens is 1. The summed E-state index contributed by atoms with van der Waals surface area (Å²) in [5.41, 5.74) is 0. The molecule has 2 aliphatic rings. The Labute approximate surface area is 136 Å². The minimum atomic E-state index is -3.28. The Bertz CT molecular complexity index is 589. The Balaban J connectivity index is 1.84. The van der Waals surface area contributed by atoms with Crippen LogP contribution < -0.4 is 5.32 Å². The molecule has 1 N–H and O–H groups in total. The Morgan fingerprint density at radius 2 is 2.13 bits per heavy atom. The molecule has 2 aliphatic heterocycles. The molecule has 0 bridgehead atoms. The zero-order valence-corrected chi connectivity index (χ0v) is 14.2. The van der Waals surface area contributed by atoms with Crippen molar-refractivity contribution in [2.75, 3.05) is 26.2 Å². The normalized spacial score (nSPS) is 29.2. The molecule has 130 valence electrons. The van der Waals surface area contributed by atoms with Gasteiger partial charge in [-0.15, -0.1) is 0 Å². The van der Waals surface area contributed by atoms with Gasteiger partial charge in [-0.3, -0.25) is 4.79 Å². The van der Waals surface area contributed by atoms with E-state index in [-0.39, 0.29) is 31.5 Å². The first-order chi connectivity index (χ1) is 10.8. The van der Waals surface area contributed by atoms with Gasteiger partial charge in [0, 0.05) is 25.6 Å². The van der Waals surface area contributed by atoms with E-state index >= 15 is 0 Å². The molecule has 0 unspecified atom stereocenters. The number of amides is 1. The number of likely N-dealkylation sites (tertiary alicyclic amines) is 1. The van der Waals surface area contributed by atoms with E-state index in [9.17, 15) is 17.6 Å². The number of nitrogens with zero attached hydrogens (tertiary/aromatic N) is 3. The van der Waals surface area contributed by atoms with Crippen LogP contribution >= 0.6 is 0 Å². The number of carbonyl (C=O) groups excluding carboxylic acids is 1. The largest absolute Gasteiger partial charge is 0.323 e. The minimum Gasteiger partial charge on any atom is -0.323 e. The smallest absolute Gasteiger partial charge is 0.237 e. The summed E-state index contributed by atoms with van der Waals surface area (Å²) in [6, 6.07) is 1.13. The Morgan fingerprint density at radius 1 is 1.43 bits per heavy atom. The van der Waals surface area contributed by atoms with Crippen LogP contribution in [-0.2, 0) is 14.8 Å². The van der Waals surface area contributed by atoms with E-state index in [1.165, 1.54) is 9.21 Å². The predicted molar refractivity (Wildman–Crippen MR) is 82.7 cm³/mol. The van der Waals surface area contributed by atoms with E-state index in [2.05, 4.69) is 5.32 Å². The maximum absolute atomic E-state index is 13.3. The van der Waals surface area contributed by atoms with E-state index in [0.29, 0.717) is 19.5 Å². The van der Waals surface area contributed by atoms with Crippen LogP contribution in [0.25, 0.3) is 0 Å². The molecule has 2 saturated heterocycles. The van der Waals surface area contributed by atoms with Crippen molar-refractivity contribution in [3.8, 4) is 6.07 Å². The SMILES string of the molecule is CC(C)S(=O)(=O)N1CC[C@@H](NCC(=O)N2C[C@@H](F)C[C@H]2C#N)C1. The highest BCUT2D eigenvalue weighted by Gasteiger charge is 2.36. The fourth-order valence-electron chi connectivity index (χ4n) is 2.94. The lowest BCUT2D eigenvalue weighted by atomic mass is 10.2. The van der Waals surface area contributed by atoms with Crippen LogP contribution in [0, 0.1) is 11.3 Å². The molecule has 1 amide bonds. The van der Waals surface area contributed by atoms with Gasteiger partial charge in [0.05, 0.1) is 24.4 Å². The van der Waals surface area contributed by atoms with Crippen LogP contribution in [0.15, 0.2) is 0 Å². The van der Waals surface area contributed by atoms with E-state index in [4.69, 9.17) is 5.26 Å². The van der Waals surface area contributed by atoms with Gasteiger partial charge in [-0.2, -0.15) is 5.26 Å². The number of sulfonamides is 1. The second-order valence-corrected chi connectivity index (χ2v) is 8.83. The van der Waals surface area contributed by atoms with Gasteiger partial charge in [-0.1, -0.05) is 0 Å². The molecule has 9 heteroatoms. The third-order valence-electron chi connectivity index (χ3n) is 4.37. The quantitative estimate of drug-likeness (QED) is 0.747. The zero-order valence-electron chi connectivity index (χ0n) is 13.4. The number of nitriles is 1. The van der Waals surface area contributed by atoms with Gasteiger partial charge in [-0.05, 0) is 20.3 Å². The van der Waals surface area contributed by atoms with Gasteiger partial charge >= 0.3 is 0 Å². The number of carbonyl (C=O) groups is 1. The summed E-state index contributed by atoms with van der Waals surface area (Å²) >= 11 is 0. The summed E-state index contributed by atoms with van der Waals surface area (Å²) in [7, 11) is -3.28. The van der Waals surface area contributed by atoms with E-state index < -0.39 is 27.5 Å². The topological polar surface area (TPSA) is 93.5 Å². The monoisotopic (exact) mass is 346 g/mol. The van der Waals surface area contributed by atoms with E-state index in [1.54, 1.807) is 13.8 Å². The predicted octanol–water partition coefficient (Wildman–Crippen LogP) is -0.149. The maximum Gasteiger partial charge on any atom is 0.237 e. The molecule has 2 fully saturated rings. The molecule has 3 atom stereocenters. The summed E-state index contributed by atoms with van der Waals surface area (Å²) in [6.45, 7) is 4.00. The Hall–Kier alpha value is -1.24. The summed E-state index contributed by atoms with van der Waals surface area (Å²) in [4.78, 5) is 13.4. The average molecular weight is 346 g/mol. The van der Waals surface area contributed by atoms with Crippen molar-refractivity contribution in [1.29, 1.82) is 5.26 Å². The van der Waals surface area contributed by atoms with Gasteiger partial charge < -0.3 is 10.2 Å². The number of hydrogen-bond donors (Lipinski definition) is 1. The number of alkyl halides is 1. The molecule has 0 aromatic carbocycles. The molecule has 0 saturated carbocycles. The van der Waals surface area contributed by atoms with Crippen LogP contribution in [0.4, 0.5) is 4.39 Å². The highest BCUT2D eigenvalue weighted by molar-refractivity contribution is 7.89. The second kappa shape index (κ2) is 7.11. The molecular weight excluding hydrogens is 323 g/mol. The minimum absolute atomic E-state index is 0.00880. The van der Waals surface area contributed by atoms with Crippen LogP contribution in [0.2, 0.25) is 0 Å². The molecular formula is C14H23FN4O3S. The maximum atomic E-state index is 13.3. The second-order valence-electron chi connectivity index (χ2n) is 6.34. The Kier molecular flexibility index (Phi) is 5.60. The highest BCUT2D eigenvalue weighted by atomic mass is 32.2. The highest BCUT2D eigenvalue weighted by Crippen LogP contribution is 2.20. The number of rotatable bonds is 5. The molecule has 7 nitrogen and oxygen atoms in total. The molecule has 0 radical (unpaired) electrons. The fourth-order valence-corrected chi connectivity index (χ4v) is 4.28. The summed E-state index contributed by atoms with van der Waals surface area (Å²) in [5, 5.41) is 11.5. The van der Waals surface area contributed by atoms with Crippen LogP contribution in [0.1, 0.15) is 26.7 Å². The zero-order chi connectivity index (χ0) is 17.2. The van der Waals surface area contributed by atoms with Crippen molar-refractivity contribution in [2.45, 2.75) is 50.2 Å². The number of nitrogens with one attached hydrogen (secondary N) is 1. The molecule has 0 spiro atoms. The first-order valence-electron chi connectivity index (χ1n) is 7.81. The summed E-state index contributed by atoms with van der Waals surface area (Å²) in [5.74, 6) is -0.318. The van der Waals surface area contributed by atoms with Gasteiger partial charge in [0.2, 0.25) is 15.9 Å². The van der Waals surface area contributed by atoms with E-state index in [1.807, 2.05) is 6.07 Å². The first kappa shape index (κ1) is 18.1. The summed E-state index contributed by atoms with van der Waals surface area (Å²) in [6.07, 6.45) is -0.458. The lowest BCUT2D eigenvalue weighted by Crippen LogP contribution is -2.45. The van der Waals surface area contributed by atoms with Crippen LogP contribution in [0.5, 0.6) is 0 Å². The van der Waals surface area contributed by atoms with Crippen LogP contribution in [-0.4, -0.2) is 73.2 Å². The Morgan fingerprint density at radius 3 is 2.74 bits per heavy atom. The molecule has 2 rings (SSSR count). The molecule has 0 aromatic heterocycles.